The van der Waals surface area contributed by atoms with Gasteiger partial charge in [-0.3, -0.25) is 10.2 Å². The van der Waals surface area contributed by atoms with Gasteiger partial charge in [-0.1, -0.05) is 40.0 Å². The van der Waals surface area contributed by atoms with E-state index in [9.17, 15) is 0 Å². The Morgan fingerprint density at radius 3 is 1.15 bits per heavy atom. The van der Waals surface area contributed by atoms with Gasteiger partial charge in [-0.05, 0) is 73.9 Å². The quantitative estimate of drug-likeness (QED) is 0.0357. The zero-order valence-electron chi connectivity index (χ0n) is 35.5. The first-order valence-corrected chi connectivity index (χ1v) is 18.8. The van der Waals surface area contributed by atoms with Gasteiger partial charge in [0.2, 0.25) is 0 Å². The molecule has 23 N–H and O–H groups in total. The summed E-state index contributed by atoms with van der Waals surface area (Å²) in [5.74, 6) is 0. The molecule has 6 atom stereocenters. The second-order valence-electron chi connectivity index (χ2n) is 11.9. The maximum atomic E-state index is 8.79. The van der Waals surface area contributed by atoms with Gasteiger partial charge >= 0.3 is 0 Å². The van der Waals surface area contributed by atoms with Crippen LogP contribution in [0.2, 0.25) is 0 Å². The SMILES string of the molecule is CC(O)C(N)O.CC(O)CN.CCCCN(CCO)CCCC.CCCCNCCO.CN(C)C(O)CO.CNC(O)CO.NC(CO)CO.NC(O)CO. The topological polar surface area (TPSA) is 398 Å². The van der Waals surface area contributed by atoms with Crippen LogP contribution in [0.4, 0.5) is 0 Å². The summed E-state index contributed by atoms with van der Waals surface area (Å²) in [6.07, 6.45) is 2.65. The number of unbranched alkanes of at least 4 members (excludes halogenated alkanes) is 3. The van der Waals surface area contributed by atoms with E-state index in [2.05, 4.69) is 42.0 Å². The third kappa shape index (κ3) is 101. The number of aliphatic hydroxyl groups excluding tert-OH is 13. The Morgan fingerprint density at radius 2 is 1.00 bits per heavy atom. The fraction of sp³-hybridized carbons (Fsp3) is 1.00. The molecule has 0 aliphatic rings. The highest BCUT2D eigenvalue weighted by atomic mass is 16.3. The Balaban J connectivity index is -0.0000000780. The molecule has 0 bridgehead atoms. The predicted molar refractivity (Wildman–Crippen MR) is 219 cm³/mol. The van der Waals surface area contributed by atoms with Gasteiger partial charge in [-0.2, -0.15) is 0 Å². The Labute approximate surface area is 332 Å². The number of likely N-dealkylation sites (N-methyl/N-ethyl adjacent to an activating group) is 2. The Hall–Kier alpha value is -0.840. The van der Waals surface area contributed by atoms with Crippen molar-refractivity contribution in [3.05, 3.63) is 0 Å². The summed E-state index contributed by atoms with van der Waals surface area (Å²) in [5, 5.41) is 112. The second-order valence-corrected chi connectivity index (χ2v) is 11.9. The number of hydrogen-bond donors (Lipinski definition) is 19. The molecular weight excluding hydrogens is 728 g/mol. The van der Waals surface area contributed by atoms with Gasteiger partial charge in [-0.15, -0.1) is 0 Å². The molecule has 0 aromatic carbocycles. The fourth-order valence-corrected chi connectivity index (χ4v) is 2.06. The highest BCUT2D eigenvalue weighted by Gasteiger charge is 2.02. The molecule has 0 fully saturated rings. The summed E-state index contributed by atoms with van der Waals surface area (Å²) in [5.41, 5.74) is 19.2. The number of nitrogens with zero attached hydrogens (tertiary/aromatic N) is 2. The number of aliphatic hydroxyl groups is 13. The van der Waals surface area contributed by atoms with E-state index in [1.165, 1.54) is 50.3 Å². The molecule has 0 radical (unpaired) electrons. The maximum absolute atomic E-state index is 8.79. The summed E-state index contributed by atoms with van der Waals surface area (Å²) < 4.78 is 0. The van der Waals surface area contributed by atoms with Gasteiger partial charge in [-0.25, -0.2) is 0 Å². The Kier molecular flexibility index (Phi) is 84.9. The highest BCUT2D eigenvalue weighted by Crippen LogP contribution is 1.98. The van der Waals surface area contributed by atoms with Crippen LogP contribution in [0, 0.1) is 0 Å². The van der Waals surface area contributed by atoms with Crippen LogP contribution in [0.25, 0.3) is 0 Å². The van der Waals surface area contributed by atoms with Gasteiger partial charge in [0.15, 0.2) is 0 Å². The monoisotopic (exact) mass is 821 g/mol. The van der Waals surface area contributed by atoms with Gasteiger partial charge < -0.3 is 99.5 Å². The summed E-state index contributed by atoms with van der Waals surface area (Å²) in [6, 6.07) is -0.454. The number of hydrogen-bond acceptors (Lipinski definition) is 21. The minimum atomic E-state index is -1.09. The molecule has 0 aliphatic heterocycles. The largest absolute Gasteiger partial charge is 0.395 e. The molecule has 0 rings (SSSR count). The number of rotatable bonds is 22. The number of nitrogens with one attached hydrogen (secondary N) is 2. The summed E-state index contributed by atoms with van der Waals surface area (Å²) in [4.78, 5) is 3.88. The first kappa shape index (κ1) is 71.8. The van der Waals surface area contributed by atoms with Gasteiger partial charge in [0.1, 0.15) is 24.9 Å². The minimum Gasteiger partial charge on any atom is -0.395 e. The van der Waals surface area contributed by atoms with Crippen LogP contribution in [0.1, 0.15) is 73.1 Å². The van der Waals surface area contributed by atoms with Crippen LogP contribution >= 0.6 is 0 Å². The fourth-order valence-electron chi connectivity index (χ4n) is 2.06. The van der Waals surface area contributed by atoms with Crippen LogP contribution in [-0.4, -0.2) is 226 Å². The predicted octanol–water partition coefficient (Wildman–Crippen LogP) is -5.85. The summed E-state index contributed by atoms with van der Waals surface area (Å²) in [7, 11) is 4.96. The van der Waals surface area contributed by atoms with E-state index >= 15 is 0 Å². The van der Waals surface area contributed by atoms with E-state index < -0.39 is 37.1 Å². The average molecular weight is 821 g/mol. The van der Waals surface area contributed by atoms with Gasteiger partial charge in [0.05, 0.1) is 64.5 Å². The van der Waals surface area contributed by atoms with Crippen molar-refractivity contribution in [3.8, 4) is 0 Å². The molecule has 55 heavy (non-hydrogen) atoms. The normalized spacial score (nSPS) is 13.3. The van der Waals surface area contributed by atoms with Crippen molar-refractivity contribution in [2.24, 2.45) is 22.9 Å². The molecule has 21 heteroatoms. The molecule has 0 saturated carbocycles. The van der Waals surface area contributed by atoms with Crippen molar-refractivity contribution in [3.63, 3.8) is 0 Å². The van der Waals surface area contributed by atoms with Gasteiger partial charge in [0, 0.05) is 19.6 Å². The van der Waals surface area contributed by atoms with Crippen LogP contribution in [0.3, 0.4) is 0 Å². The Morgan fingerprint density at radius 1 is 0.600 bits per heavy atom. The molecule has 0 aromatic rings. The molecule has 0 saturated heterocycles. The molecule has 6 unspecified atom stereocenters. The van der Waals surface area contributed by atoms with Crippen LogP contribution in [-0.2, 0) is 0 Å². The summed E-state index contributed by atoms with van der Waals surface area (Å²) >= 11 is 0. The lowest BCUT2D eigenvalue weighted by atomic mass is 10.2. The zero-order chi connectivity index (χ0) is 45.0. The lowest BCUT2D eigenvalue weighted by Gasteiger charge is -2.20. The van der Waals surface area contributed by atoms with Crippen molar-refractivity contribution in [2.75, 3.05) is 107 Å². The first-order chi connectivity index (χ1) is 25.7. The Bertz CT molecular complexity index is 553. The third-order valence-electron chi connectivity index (χ3n) is 5.82. The zero-order valence-corrected chi connectivity index (χ0v) is 35.5. The van der Waals surface area contributed by atoms with Gasteiger partial charge in [0.25, 0.3) is 0 Å². The van der Waals surface area contributed by atoms with Crippen LogP contribution in [0.15, 0.2) is 0 Å². The molecule has 21 nitrogen and oxygen atoms in total. The molecule has 0 heterocycles. The highest BCUT2D eigenvalue weighted by molar-refractivity contribution is 4.56. The van der Waals surface area contributed by atoms with E-state index in [0.29, 0.717) is 13.2 Å². The molecular formula is C34H92N8O13. The van der Waals surface area contributed by atoms with Crippen molar-refractivity contribution in [2.45, 2.75) is 116 Å². The lowest BCUT2D eigenvalue weighted by molar-refractivity contribution is -0.00626. The lowest BCUT2D eigenvalue weighted by Crippen LogP contribution is -2.31. The van der Waals surface area contributed by atoms with Crippen LogP contribution in [0.5, 0.6) is 0 Å². The van der Waals surface area contributed by atoms with Crippen molar-refractivity contribution in [1.29, 1.82) is 0 Å². The number of nitrogens with two attached hydrogens (primary N) is 4. The molecule has 0 spiro atoms. The van der Waals surface area contributed by atoms with E-state index in [1.54, 1.807) is 28.1 Å². The molecule has 0 aliphatic carbocycles. The third-order valence-corrected chi connectivity index (χ3v) is 5.82. The minimum absolute atomic E-state index is 0.142. The maximum Gasteiger partial charge on any atom is 0.130 e. The molecule has 0 amide bonds. The van der Waals surface area contributed by atoms with Crippen LogP contribution < -0.4 is 33.6 Å². The molecule has 0 aromatic heterocycles. The van der Waals surface area contributed by atoms with Crippen molar-refractivity contribution < 1.29 is 66.4 Å². The summed E-state index contributed by atoms with van der Waals surface area (Å²) in [6.45, 7) is 14.4. The smallest absolute Gasteiger partial charge is 0.130 e. The first-order valence-electron chi connectivity index (χ1n) is 18.8. The van der Waals surface area contributed by atoms with Crippen molar-refractivity contribution >= 4 is 0 Å². The average Bonchev–Trinajstić information content (AvgIpc) is 3.18. The van der Waals surface area contributed by atoms with E-state index in [1.807, 2.05) is 0 Å². The van der Waals surface area contributed by atoms with Crippen molar-refractivity contribution in [1.82, 2.24) is 20.4 Å². The standard InChI is InChI=1S/C10H23NO.C6H15NO.C4H11NO2.3C3H9NO2.C3H9NO.C2H7NO2/c1-3-5-7-11(9-10-12)8-6-4-2;1-2-3-4-7-5-6-8;1-5(2)4(7)3-6;1-4-3(6)2-5;4-3(1-5)2-6;1-2(5)3(4)6;1-3(5)2-4;3-2(5)1-4/h12H,3-10H2,1-2H3;7-8H,2-6H2,1H3;4,6-7H,3H2,1-2H3;3-6H,2H2,1H3;3,5-6H,1-2,4H2;2-3,5-6H,4H2,1H3;3,5H,2,4H2,1H3;2,4-5H,1,3H2. The second kappa shape index (κ2) is 65.0. The molecule has 346 valence electrons. The van der Waals surface area contributed by atoms with E-state index in [4.69, 9.17) is 83.6 Å². The van der Waals surface area contributed by atoms with E-state index in [-0.39, 0.29) is 45.7 Å². The van der Waals surface area contributed by atoms with E-state index in [0.717, 1.165) is 32.7 Å².